The van der Waals surface area contributed by atoms with Crippen LogP contribution in [0.25, 0.3) is 0 Å². The fraction of sp³-hybridized carbons (Fsp3) is 0.333. The minimum Gasteiger partial charge on any atom is -0.489 e. The summed E-state index contributed by atoms with van der Waals surface area (Å²) >= 11 is 0. The Bertz CT molecular complexity index is 754. The third-order valence-electron chi connectivity index (χ3n) is 4.46. The number of nitrogens with two attached hydrogens (primary N) is 1. The maximum absolute atomic E-state index is 12.0. The van der Waals surface area contributed by atoms with Crippen molar-refractivity contribution < 1.29 is 14.4 Å². The van der Waals surface area contributed by atoms with Gasteiger partial charge in [-0.3, -0.25) is 4.79 Å². The van der Waals surface area contributed by atoms with E-state index in [1.54, 1.807) is 0 Å². The fourth-order valence-corrected chi connectivity index (χ4v) is 2.91. The number of carbonyl (C=O) groups is 1. The standard InChI is InChI=1S/C21H25N3O3/c22-21(23-27-16-20(25)24-13-5-2-6-14-24)18-9-11-19(12-10-18)26-15-17-7-3-1-4-8-17/h1,3-4,7-12H,2,5-6,13-16H2,(H2,22,23). The quantitative estimate of drug-likeness (QED) is 0.464. The minimum atomic E-state index is -0.0844. The highest BCUT2D eigenvalue weighted by Crippen LogP contribution is 2.14. The summed E-state index contributed by atoms with van der Waals surface area (Å²) in [6.45, 7) is 2.02. The Morgan fingerprint density at radius 3 is 2.41 bits per heavy atom. The summed E-state index contributed by atoms with van der Waals surface area (Å²) in [5, 5.41) is 3.86. The average Bonchev–Trinajstić information content (AvgIpc) is 2.74. The van der Waals surface area contributed by atoms with E-state index in [9.17, 15) is 4.79 Å². The summed E-state index contributed by atoms with van der Waals surface area (Å²) in [6.07, 6.45) is 3.28. The molecule has 6 nitrogen and oxygen atoms in total. The maximum Gasteiger partial charge on any atom is 0.263 e. The van der Waals surface area contributed by atoms with Crippen LogP contribution in [0.4, 0.5) is 0 Å². The molecule has 142 valence electrons. The summed E-state index contributed by atoms with van der Waals surface area (Å²) in [6, 6.07) is 17.3. The molecular weight excluding hydrogens is 342 g/mol. The second-order valence-electron chi connectivity index (χ2n) is 6.49. The number of piperidine rings is 1. The van der Waals surface area contributed by atoms with Gasteiger partial charge in [-0.2, -0.15) is 0 Å². The van der Waals surface area contributed by atoms with Gasteiger partial charge in [0.2, 0.25) is 0 Å². The number of benzene rings is 2. The summed E-state index contributed by atoms with van der Waals surface area (Å²) in [4.78, 5) is 19.0. The Hall–Kier alpha value is -3.02. The third-order valence-corrected chi connectivity index (χ3v) is 4.46. The Labute approximate surface area is 159 Å². The van der Waals surface area contributed by atoms with Crippen LogP contribution < -0.4 is 10.5 Å². The zero-order chi connectivity index (χ0) is 18.9. The zero-order valence-corrected chi connectivity index (χ0v) is 15.3. The van der Waals surface area contributed by atoms with E-state index in [0.29, 0.717) is 12.2 Å². The van der Waals surface area contributed by atoms with Crippen LogP contribution >= 0.6 is 0 Å². The second kappa shape index (κ2) is 9.62. The Balaban J connectivity index is 1.47. The van der Waals surface area contributed by atoms with Crippen LogP contribution in [0.2, 0.25) is 0 Å². The molecule has 6 heteroatoms. The number of amidine groups is 1. The molecule has 0 radical (unpaired) electrons. The summed E-state index contributed by atoms with van der Waals surface area (Å²) < 4.78 is 5.74. The molecule has 0 aliphatic carbocycles. The van der Waals surface area contributed by atoms with Crippen LogP contribution in [0.3, 0.4) is 0 Å². The highest BCUT2D eigenvalue weighted by molar-refractivity contribution is 5.97. The van der Waals surface area contributed by atoms with Crippen molar-refractivity contribution in [3.05, 3.63) is 65.7 Å². The van der Waals surface area contributed by atoms with Gasteiger partial charge in [0.25, 0.3) is 5.91 Å². The lowest BCUT2D eigenvalue weighted by atomic mass is 10.1. The number of hydrogen-bond donors (Lipinski definition) is 1. The fourth-order valence-electron chi connectivity index (χ4n) is 2.91. The van der Waals surface area contributed by atoms with Crippen molar-refractivity contribution in [2.24, 2.45) is 10.9 Å². The molecule has 1 heterocycles. The van der Waals surface area contributed by atoms with E-state index in [1.165, 1.54) is 6.42 Å². The molecule has 2 aromatic rings. The topological polar surface area (TPSA) is 77.2 Å². The Morgan fingerprint density at radius 2 is 1.70 bits per heavy atom. The summed E-state index contributed by atoms with van der Waals surface area (Å²) in [5.74, 6) is 0.934. The highest BCUT2D eigenvalue weighted by atomic mass is 16.6. The van der Waals surface area contributed by atoms with Gasteiger partial charge in [0.1, 0.15) is 12.4 Å². The van der Waals surface area contributed by atoms with Crippen LogP contribution in [0.5, 0.6) is 5.75 Å². The molecule has 0 unspecified atom stereocenters. The monoisotopic (exact) mass is 367 g/mol. The van der Waals surface area contributed by atoms with Crippen LogP contribution in [-0.4, -0.2) is 36.3 Å². The van der Waals surface area contributed by atoms with Crippen LogP contribution in [0, 0.1) is 0 Å². The Kier molecular flexibility index (Phi) is 6.68. The van der Waals surface area contributed by atoms with Gasteiger partial charge in [-0.1, -0.05) is 35.5 Å². The van der Waals surface area contributed by atoms with E-state index in [1.807, 2.05) is 59.5 Å². The van der Waals surface area contributed by atoms with Gasteiger partial charge in [0.15, 0.2) is 12.4 Å². The lowest BCUT2D eigenvalue weighted by molar-refractivity contribution is -0.137. The zero-order valence-electron chi connectivity index (χ0n) is 15.3. The van der Waals surface area contributed by atoms with E-state index in [0.717, 1.165) is 37.2 Å². The SMILES string of the molecule is N/C(=N\OCC(=O)N1CCCCC1)c1ccc(OCc2ccccc2)cc1. The number of ether oxygens (including phenoxy) is 1. The minimum absolute atomic E-state index is 0.0455. The van der Waals surface area contributed by atoms with E-state index < -0.39 is 0 Å². The van der Waals surface area contributed by atoms with Crippen molar-refractivity contribution in [1.29, 1.82) is 0 Å². The second-order valence-corrected chi connectivity index (χ2v) is 6.49. The van der Waals surface area contributed by atoms with Crippen LogP contribution in [0.15, 0.2) is 59.8 Å². The smallest absolute Gasteiger partial charge is 0.263 e. The third kappa shape index (κ3) is 5.74. The van der Waals surface area contributed by atoms with Crippen molar-refractivity contribution in [2.75, 3.05) is 19.7 Å². The van der Waals surface area contributed by atoms with Gasteiger partial charge in [0, 0.05) is 18.7 Å². The van der Waals surface area contributed by atoms with Crippen molar-refractivity contribution >= 4 is 11.7 Å². The molecule has 0 saturated carbocycles. The van der Waals surface area contributed by atoms with Gasteiger partial charge in [-0.25, -0.2) is 0 Å². The molecule has 0 spiro atoms. The number of oxime groups is 1. The van der Waals surface area contributed by atoms with Gasteiger partial charge < -0.3 is 20.2 Å². The number of hydrogen-bond acceptors (Lipinski definition) is 4. The summed E-state index contributed by atoms with van der Waals surface area (Å²) in [7, 11) is 0. The molecule has 1 aliphatic heterocycles. The van der Waals surface area contributed by atoms with E-state index in [4.69, 9.17) is 15.3 Å². The molecule has 27 heavy (non-hydrogen) atoms. The molecule has 1 saturated heterocycles. The predicted octanol–water partition coefficient (Wildman–Crippen LogP) is 2.92. The number of rotatable bonds is 7. The number of carbonyl (C=O) groups excluding carboxylic acids is 1. The molecular formula is C21H25N3O3. The molecule has 1 fully saturated rings. The first kappa shape index (κ1) is 18.8. The summed E-state index contributed by atoms with van der Waals surface area (Å²) in [5.41, 5.74) is 7.76. The van der Waals surface area contributed by atoms with Gasteiger partial charge in [0.05, 0.1) is 0 Å². The average molecular weight is 367 g/mol. The van der Waals surface area contributed by atoms with Crippen LogP contribution in [0.1, 0.15) is 30.4 Å². The molecule has 0 bridgehead atoms. The first-order valence-corrected chi connectivity index (χ1v) is 9.23. The molecule has 1 aliphatic rings. The lowest BCUT2D eigenvalue weighted by Gasteiger charge is -2.25. The largest absolute Gasteiger partial charge is 0.489 e. The molecule has 0 atom stereocenters. The molecule has 2 N–H and O–H groups in total. The normalized spacial score (nSPS) is 14.7. The van der Waals surface area contributed by atoms with Crippen molar-refractivity contribution in [1.82, 2.24) is 4.90 Å². The van der Waals surface area contributed by atoms with E-state index >= 15 is 0 Å². The van der Waals surface area contributed by atoms with Crippen molar-refractivity contribution in [3.63, 3.8) is 0 Å². The number of nitrogens with zero attached hydrogens (tertiary/aromatic N) is 2. The predicted molar refractivity (Wildman–Crippen MR) is 104 cm³/mol. The first-order chi connectivity index (χ1) is 13.2. The first-order valence-electron chi connectivity index (χ1n) is 9.23. The molecule has 3 rings (SSSR count). The van der Waals surface area contributed by atoms with E-state index in [-0.39, 0.29) is 18.3 Å². The van der Waals surface area contributed by atoms with Crippen molar-refractivity contribution in [3.8, 4) is 5.75 Å². The lowest BCUT2D eigenvalue weighted by Crippen LogP contribution is -2.37. The van der Waals surface area contributed by atoms with Gasteiger partial charge in [-0.05, 0) is 49.1 Å². The Morgan fingerprint density at radius 1 is 1.00 bits per heavy atom. The highest BCUT2D eigenvalue weighted by Gasteiger charge is 2.16. The molecule has 2 aromatic carbocycles. The molecule has 0 aromatic heterocycles. The number of likely N-dealkylation sites (tertiary alicyclic amines) is 1. The van der Waals surface area contributed by atoms with E-state index in [2.05, 4.69) is 5.16 Å². The van der Waals surface area contributed by atoms with Crippen LogP contribution in [-0.2, 0) is 16.2 Å². The van der Waals surface area contributed by atoms with Gasteiger partial charge >= 0.3 is 0 Å². The maximum atomic E-state index is 12.0. The molecule has 1 amide bonds. The van der Waals surface area contributed by atoms with Gasteiger partial charge in [-0.15, -0.1) is 0 Å². The van der Waals surface area contributed by atoms with Crippen molar-refractivity contribution in [2.45, 2.75) is 25.9 Å². The number of amides is 1.